The van der Waals surface area contributed by atoms with Crippen molar-refractivity contribution in [1.29, 1.82) is 0 Å². The Kier molecular flexibility index (Phi) is 4.94. The molecule has 0 saturated heterocycles. The fourth-order valence-electron chi connectivity index (χ4n) is 2.64. The fraction of sp³-hybridized carbons (Fsp3) is 0.625. The van der Waals surface area contributed by atoms with Crippen LogP contribution in [0.25, 0.3) is 0 Å². The highest BCUT2D eigenvalue weighted by Crippen LogP contribution is 2.25. The van der Waals surface area contributed by atoms with Gasteiger partial charge in [-0.2, -0.15) is 0 Å². The topological polar surface area (TPSA) is 40.5 Å². The van der Waals surface area contributed by atoms with Crippen LogP contribution in [0, 0.1) is 20.8 Å². The van der Waals surface area contributed by atoms with Crippen LogP contribution in [0.2, 0.25) is 0 Å². The summed E-state index contributed by atoms with van der Waals surface area (Å²) in [6, 6.07) is 4.26. The molecule has 1 aromatic carbocycles. The van der Waals surface area contributed by atoms with E-state index < -0.39 is 11.7 Å². The Hall–Kier alpha value is -0.860. The summed E-state index contributed by atoms with van der Waals surface area (Å²) in [5.74, 6) is 0. The third-order valence-corrected chi connectivity index (χ3v) is 4.08. The van der Waals surface area contributed by atoms with E-state index in [-0.39, 0.29) is 0 Å². The van der Waals surface area contributed by atoms with Crippen LogP contribution in [-0.2, 0) is 6.42 Å². The molecule has 1 atom stereocenters. The lowest BCUT2D eigenvalue weighted by atomic mass is 9.84. The molecule has 0 aliphatic rings. The molecule has 1 aromatic rings. The summed E-state index contributed by atoms with van der Waals surface area (Å²) in [7, 11) is 0. The summed E-state index contributed by atoms with van der Waals surface area (Å²) in [5, 5.41) is 20.6. The lowest BCUT2D eigenvalue weighted by Gasteiger charge is -2.31. The maximum absolute atomic E-state index is 10.3. The molecule has 0 aliphatic heterocycles. The Morgan fingerprint density at radius 2 is 1.50 bits per heavy atom. The van der Waals surface area contributed by atoms with Crippen molar-refractivity contribution < 1.29 is 10.2 Å². The van der Waals surface area contributed by atoms with E-state index in [0.717, 1.165) is 5.56 Å². The van der Waals surface area contributed by atoms with Gasteiger partial charge in [0.1, 0.15) is 0 Å². The highest BCUT2D eigenvalue weighted by Gasteiger charge is 2.32. The van der Waals surface area contributed by atoms with Crippen molar-refractivity contribution in [2.24, 2.45) is 0 Å². The van der Waals surface area contributed by atoms with Crippen molar-refractivity contribution >= 4 is 0 Å². The van der Waals surface area contributed by atoms with E-state index in [0.29, 0.717) is 19.3 Å². The van der Waals surface area contributed by atoms with E-state index in [1.807, 2.05) is 13.8 Å². The van der Waals surface area contributed by atoms with Gasteiger partial charge in [0.25, 0.3) is 0 Å². The molecule has 2 N–H and O–H groups in total. The molecule has 18 heavy (non-hydrogen) atoms. The second kappa shape index (κ2) is 5.85. The summed E-state index contributed by atoms with van der Waals surface area (Å²) in [5.41, 5.74) is 3.82. The Labute approximate surface area is 111 Å². The number of aryl methyl sites for hydroxylation is 3. The van der Waals surface area contributed by atoms with Crippen molar-refractivity contribution in [3.05, 3.63) is 34.4 Å². The van der Waals surface area contributed by atoms with Gasteiger partial charge < -0.3 is 10.2 Å². The Bertz CT molecular complexity index is 383. The van der Waals surface area contributed by atoms with Gasteiger partial charge in [-0.05, 0) is 50.3 Å². The largest absolute Gasteiger partial charge is 0.390 e. The van der Waals surface area contributed by atoms with Crippen molar-refractivity contribution in [3.63, 3.8) is 0 Å². The average molecular weight is 250 g/mol. The zero-order chi connectivity index (χ0) is 13.9. The minimum atomic E-state index is -0.968. The summed E-state index contributed by atoms with van der Waals surface area (Å²) >= 11 is 0. The predicted molar refractivity (Wildman–Crippen MR) is 75.9 cm³/mol. The number of hydrogen-bond acceptors (Lipinski definition) is 2. The lowest BCUT2D eigenvalue weighted by molar-refractivity contribution is -0.0791. The normalized spacial score (nSPS) is 13.7. The van der Waals surface area contributed by atoms with Crippen LogP contribution in [0.5, 0.6) is 0 Å². The van der Waals surface area contributed by atoms with Gasteiger partial charge in [-0.15, -0.1) is 0 Å². The van der Waals surface area contributed by atoms with Crippen LogP contribution < -0.4 is 0 Å². The molecule has 0 amide bonds. The third kappa shape index (κ3) is 3.12. The lowest BCUT2D eigenvalue weighted by Crippen LogP contribution is -2.42. The number of hydrogen-bond donors (Lipinski definition) is 2. The highest BCUT2D eigenvalue weighted by molar-refractivity contribution is 5.38. The molecule has 2 heteroatoms. The average Bonchev–Trinajstić information content (AvgIpc) is 2.32. The van der Waals surface area contributed by atoms with Crippen LogP contribution in [-0.4, -0.2) is 21.9 Å². The Morgan fingerprint density at radius 1 is 1.06 bits per heavy atom. The van der Waals surface area contributed by atoms with Gasteiger partial charge in [0.2, 0.25) is 0 Å². The zero-order valence-corrected chi connectivity index (χ0v) is 12.2. The number of benzene rings is 1. The molecule has 0 fully saturated rings. The first-order valence-electron chi connectivity index (χ1n) is 6.81. The molecule has 1 unspecified atom stereocenters. The molecule has 0 bridgehead atoms. The van der Waals surface area contributed by atoms with Crippen molar-refractivity contribution in [1.82, 2.24) is 0 Å². The summed E-state index contributed by atoms with van der Waals surface area (Å²) in [6.45, 7) is 10.1. The molecule has 0 aliphatic carbocycles. The molecule has 0 aromatic heterocycles. The molecule has 0 saturated carbocycles. The minimum absolute atomic E-state index is 0.524. The molecule has 102 valence electrons. The fourth-order valence-corrected chi connectivity index (χ4v) is 2.64. The van der Waals surface area contributed by atoms with Crippen LogP contribution in [0.15, 0.2) is 12.1 Å². The van der Waals surface area contributed by atoms with E-state index in [1.165, 1.54) is 16.7 Å². The molecule has 2 nitrogen and oxygen atoms in total. The number of rotatable bonds is 5. The van der Waals surface area contributed by atoms with E-state index in [1.54, 1.807) is 0 Å². The standard InChI is InChI=1S/C16H26O2/c1-6-16(18,7-2)15(17)10-14-12(4)8-11(3)9-13(14)5/h8-9,15,17-18H,6-7,10H2,1-5H3. The first-order valence-corrected chi connectivity index (χ1v) is 6.81. The van der Waals surface area contributed by atoms with Gasteiger partial charge in [-0.1, -0.05) is 31.5 Å². The smallest absolute Gasteiger partial charge is 0.0903 e. The molecule has 0 heterocycles. The number of aliphatic hydroxyl groups is 2. The third-order valence-electron chi connectivity index (χ3n) is 4.08. The van der Waals surface area contributed by atoms with E-state index >= 15 is 0 Å². The van der Waals surface area contributed by atoms with E-state index in [9.17, 15) is 10.2 Å². The molecular weight excluding hydrogens is 224 g/mol. The van der Waals surface area contributed by atoms with Gasteiger partial charge in [0.05, 0.1) is 11.7 Å². The zero-order valence-electron chi connectivity index (χ0n) is 12.2. The van der Waals surface area contributed by atoms with Gasteiger partial charge in [0.15, 0.2) is 0 Å². The van der Waals surface area contributed by atoms with Gasteiger partial charge >= 0.3 is 0 Å². The van der Waals surface area contributed by atoms with Crippen molar-refractivity contribution in [2.45, 2.75) is 65.6 Å². The van der Waals surface area contributed by atoms with Crippen molar-refractivity contribution in [3.8, 4) is 0 Å². The first-order chi connectivity index (χ1) is 8.34. The van der Waals surface area contributed by atoms with Gasteiger partial charge in [-0.3, -0.25) is 0 Å². The van der Waals surface area contributed by atoms with Crippen LogP contribution >= 0.6 is 0 Å². The molecule has 0 spiro atoms. The van der Waals surface area contributed by atoms with E-state index in [2.05, 4.69) is 32.9 Å². The van der Waals surface area contributed by atoms with E-state index in [4.69, 9.17) is 0 Å². The highest BCUT2D eigenvalue weighted by atomic mass is 16.3. The Morgan fingerprint density at radius 3 is 1.89 bits per heavy atom. The quantitative estimate of drug-likeness (QED) is 0.843. The second-order valence-electron chi connectivity index (χ2n) is 5.41. The molecule has 0 radical (unpaired) electrons. The van der Waals surface area contributed by atoms with Gasteiger partial charge in [-0.25, -0.2) is 0 Å². The van der Waals surface area contributed by atoms with Crippen LogP contribution in [0.4, 0.5) is 0 Å². The predicted octanol–water partition coefficient (Wildman–Crippen LogP) is 3.07. The summed E-state index contributed by atoms with van der Waals surface area (Å²) in [4.78, 5) is 0. The summed E-state index contributed by atoms with van der Waals surface area (Å²) < 4.78 is 0. The summed E-state index contributed by atoms with van der Waals surface area (Å²) in [6.07, 6.45) is 0.979. The maximum Gasteiger partial charge on any atom is 0.0903 e. The molecule has 1 rings (SSSR count). The maximum atomic E-state index is 10.3. The molecular formula is C16H26O2. The van der Waals surface area contributed by atoms with Crippen LogP contribution in [0.1, 0.15) is 48.9 Å². The second-order valence-corrected chi connectivity index (χ2v) is 5.41. The number of aliphatic hydroxyl groups excluding tert-OH is 1. The van der Waals surface area contributed by atoms with Crippen molar-refractivity contribution in [2.75, 3.05) is 0 Å². The Balaban J connectivity index is 2.98. The van der Waals surface area contributed by atoms with Crippen LogP contribution in [0.3, 0.4) is 0 Å². The van der Waals surface area contributed by atoms with Gasteiger partial charge in [0, 0.05) is 6.42 Å². The minimum Gasteiger partial charge on any atom is -0.390 e. The first kappa shape index (κ1) is 15.2. The SMILES string of the molecule is CCC(O)(CC)C(O)Cc1c(C)cc(C)cc1C. The monoisotopic (exact) mass is 250 g/mol.